The Kier molecular flexibility index (Phi) is 4.26. The van der Waals surface area contributed by atoms with E-state index in [1.165, 1.54) is 0 Å². The largest absolute Gasteiger partial charge is 0.312 e. The van der Waals surface area contributed by atoms with Gasteiger partial charge in [-0.15, -0.1) is 0 Å². The Morgan fingerprint density at radius 2 is 2.29 bits per heavy atom. The number of piperazine rings is 1. The van der Waals surface area contributed by atoms with Crippen LogP contribution < -0.4 is 5.32 Å². The lowest BCUT2D eigenvalue weighted by atomic mass is 10.2. The average molecular weight is 274 g/mol. The molecule has 0 aliphatic carbocycles. The number of aromatic nitrogens is 1. The van der Waals surface area contributed by atoms with Gasteiger partial charge in [-0.25, -0.2) is 4.98 Å². The first kappa shape index (κ1) is 13.1. The van der Waals surface area contributed by atoms with Crippen LogP contribution in [0.25, 0.3) is 0 Å². The molecule has 3 nitrogen and oxygen atoms in total. The minimum atomic E-state index is 0.514. The van der Waals surface area contributed by atoms with Crippen LogP contribution >= 0.6 is 23.2 Å². The van der Waals surface area contributed by atoms with Gasteiger partial charge < -0.3 is 5.32 Å². The maximum atomic E-state index is 6.22. The van der Waals surface area contributed by atoms with Gasteiger partial charge in [0.1, 0.15) is 5.15 Å². The molecular formula is C12H17Cl2N3. The van der Waals surface area contributed by atoms with Crippen LogP contribution in [0.1, 0.15) is 18.2 Å². The minimum Gasteiger partial charge on any atom is -0.312 e. The van der Waals surface area contributed by atoms with Crippen molar-refractivity contribution in [3.63, 3.8) is 0 Å². The standard InChI is InChI=1S/C12H17Cl2N3/c1-8-5-11(13)10(12(14)16-8)7-17-4-3-15-9(2)6-17/h5,9,15H,3-4,6-7H2,1-2H3/t9-/m1/s1. The van der Waals surface area contributed by atoms with Gasteiger partial charge in [0, 0.05) is 48.5 Å². The summed E-state index contributed by atoms with van der Waals surface area (Å²) in [5.41, 5.74) is 1.80. The summed E-state index contributed by atoms with van der Waals surface area (Å²) in [7, 11) is 0. The van der Waals surface area contributed by atoms with Crippen molar-refractivity contribution in [2.24, 2.45) is 0 Å². The Hall–Kier alpha value is -0.350. The molecule has 0 unspecified atom stereocenters. The number of nitrogens with one attached hydrogen (secondary N) is 1. The van der Waals surface area contributed by atoms with Crippen LogP contribution in [0.3, 0.4) is 0 Å². The number of aryl methyl sites for hydroxylation is 1. The predicted octanol–water partition coefficient (Wildman–Crippen LogP) is 2.49. The van der Waals surface area contributed by atoms with Crippen molar-refractivity contribution >= 4 is 23.2 Å². The topological polar surface area (TPSA) is 28.2 Å². The summed E-state index contributed by atoms with van der Waals surface area (Å²) in [5.74, 6) is 0. The molecule has 2 rings (SSSR count). The van der Waals surface area contributed by atoms with Crippen molar-refractivity contribution in [2.75, 3.05) is 19.6 Å². The summed E-state index contributed by atoms with van der Waals surface area (Å²) in [6.45, 7) is 7.90. The van der Waals surface area contributed by atoms with E-state index in [1.54, 1.807) is 0 Å². The number of hydrogen-bond acceptors (Lipinski definition) is 3. The summed E-state index contributed by atoms with van der Waals surface area (Å²) in [5, 5.41) is 4.66. The lowest BCUT2D eigenvalue weighted by Crippen LogP contribution is -2.48. The summed E-state index contributed by atoms with van der Waals surface area (Å²) >= 11 is 12.4. The Labute approximate surface area is 112 Å². The van der Waals surface area contributed by atoms with Gasteiger partial charge in [0.05, 0.1) is 0 Å². The van der Waals surface area contributed by atoms with E-state index >= 15 is 0 Å². The molecule has 94 valence electrons. The van der Waals surface area contributed by atoms with E-state index in [0.717, 1.165) is 37.4 Å². The molecular weight excluding hydrogens is 257 g/mol. The fourth-order valence-corrected chi connectivity index (χ4v) is 2.79. The monoisotopic (exact) mass is 273 g/mol. The number of halogens is 2. The lowest BCUT2D eigenvalue weighted by Gasteiger charge is -2.32. The highest BCUT2D eigenvalue weighted by atomic mass is 35.5. The first-order valence-corrected chi connectivity index (χ1v) is 6.59. The first-order valence-electron chi connectivity index (χ1n) is 5.83. The number of nitrogens with zero attached hydrogens (tertiary/aromatic N) is 2. The van der Waals surface area contributed by atoms with Crippen LogP contribution in [-0.4, -0.2) is 35.6 Å². The van der Waals surface area contributed by atoms with Crippen LogP contribution in [0.5, 0.6) is 0 Å². The summed E-state index contributed by atoms with van der Waals surface area (Å²) in [6.07, 6.45) is 0. The zero-order chi connectivity index (χ0) is 12.4. The van der Waals surface area contributed by atoms with E-state index in [0.29, 0.717) is 16.2 Å². The predicted molar refractivity (Wildman–Crippen MR) is 71.7 cm³/mol. The maximum Gasteiger partial charge on any atom is 0.135 e. The van der Waals surface area contributed by atoms with Crippen LogP contribution in [-0.2, 0) is 6.54 Å². The zero-order valence-corrected chi connectivity index (χ0v) is 11.6. The Morgan fingerprint density at radius 1 is 1.53 bits per heavy atom. The molecule has 0 bridgehead atoms. The lowest BCUT2D eigenvalue weighted by molar-refractivity contribution is 0.199. The first-order chi connectivity index (χ1) is 8.06. The molecule has 1 aromatic heterocycles. The van der Waals surface area contributed by atoms with E-state index in [4.69, 9.17) is 23.2 Å². The second-order valence-corrected chi connectivity index (χ2v) is 5.37. The summed E-state index contributed by atoms with van der Waals surface area (Å²) < 4.78 is 0. The molecule has 1 fully saturated rings. The quantitative estimate of drug-likeness (QED) is 0.840. The highest BCUT2D eigenvalue weighted by molar-refractivity contribution is 6.35. The normalized spacial score (nSPS) is 21.8. The van der Waals surface area contributed by atoms with Crippen LogP contribution in [0.4, 0.5) is 0 Å². The van der Waals surface area contributed by atoms with Gasteiger partial charge in [-0.1, -0.05) is 23.2 Å². The molecule has 1 aliphatic rings. The van der Waals surface area contributed by atoms with Crippen LogP contribution in [0.2, 0.25) is 10.2 Å². The SMILES string of the molecule is Cc1cc(Cl)c(CN2CCN[C@H](C)C2)c(Cl)n1. The van der Waals surface area contributed by atoms with Crippen molar-refractivity contribution in [2.45, 2.75) is 26.4 Å². The van der Waals surface area contributed by atoms with E-state index in [9.17, 15) is 0 Å². The molecule has 0 spiro atoms. The number of pyridine rings is 1. The van der Waals surface area contributed by atoms with Gasteiger partial charge in [-0.2, -0.15) is 0 Å². The fourth-order valence-electron chi connectivity index (χ4n) is 2.14. The Morgan fingerprint density at radius 3 is 2.94 bits per heavy atom. The summed E-state index contributed by atoms with van der Waals surface area (Å²) in [4.78, 5) is 6.61. The van der Waals surface area contributed by atoms with Crippen LogP contribution in [0, 0.1) is 6.92 Å². The fraction of sp³-hybridized carbons (Fsp3) is 0.583. The second kappa shape index (κ2) is 5.53. The van der Waals surface area contributed by atoms with Crippen molar-refractivity contribution in [3.05, 3.63) is 27.5 Å². The number of hydrogen-bond donors (Lipinski definition) is 1. The van der Waals surface area contributed by atoms with Gasteiger partial charge in [-0.3, -0.25) is 4.90 Å². The third-order valence-electron chi connectivity index (χ3n) is 2.98. The van der Waals surface area contributed by atoms with Crippen molar-refractivity contribution in [1.82, 2.24) is 15.2 Å². The van der Waals surface area contributed by atoms with Crippen molar-refractivity contribution in [3.8, 4) is 0 Å². The zero-order valence-electron chi connectivity index (χ0n) is 10.1. The molecule has 0 amide bonds. The molecule has 0 aromatic carbocycles. The molecule has 5 heteroatoms. The van der Waals surface area contributed by atoms with Crippen LogP contribution in [0.15, 0.2) is 6.07 Å². The molecule has 1 N–H and O–H groups in total. The molecule has 1 aliphatic heterocycles. The molecule has 1 saturated heterocycles. The molecule has 0 radical (unpaired) electrons. The van der Waals surface area contributed by atoms with Crippen molar-refractivity contribution < 1.29 is 0 Å². The molecule has 1 atom stereocenters. The molecule has 0 saturated carbocycles. The van der Waals surface area contributed by atoms with Gasteiger partial charge in [0.25, 0.3) is 0 Å². The van der Waals surface area contributed by atoms with Gasteiger partial charge in [-0.05, 0) is 19.9 Å². The van der Waals surface area contributed by atoms with E-state index < -0.39 is 0 Å². The Bertz CT molecular complexity index is 386. The summed E-state index contributed by atoms with van der Waals surface area (Å²) in [6, 6.07) is 2.38. The molecule has 2 heterocycles. The van der Waals surface area contributed by atoms with E-state index in [1.807, 2.05) is 13.0 Å². The van der Waals surface area contributed by atoms with Gasteiger partial charge in [0.2, 0.25) is 0 Å². The smallest absolute Gasteiger partial charge is 0.135 e. The third kappa shape index (κ3) is 3.32. The molecule has 17 heavy (non-hydrogen) atoms. The molecule has 1 aromatic rings. The highest BCUT2D eigenvalue weighted by Gasteiger charge is 2.18. The van der Waals surface area contributed by atoms with E-state index in [-0.39, 0.29) is 0 Å². The van der Waals surface area contributed by atoms with Crippen molar-refractivity contribution in [1.29, 1.82) is 0 Å². The number of rotatable bonds is 2. The average Bonchev–Trinajstić information content (AvgIpc) is 2.23. The van der Waals surface area contributed by atoms with Gasteiger partial charge >= 0.3 is 0 Å². The second-order valence-electron chi connectivity index (χ2n) is 4.61. The minimum absolute atomic E-state index is 0.514. The third-order valence-corrected chi connectivity index (χ3v) is 3.63. The van der Waals surface area contributed by atoms with Gasteiger partial charge in [0.15, 0.2) is 0 Å². The highest BCUT2D eigenvalue weighted by Crippen LogP contribution is 2.25. The van der Waals surface area contributed by atoms with E-state index in [2.05, 4.69) is 22.1 Å². The Balaban J connectivity index is 2.12. The maximum absolute atomic E-state index is 6.22.